The Balaban J connectivity index is 2.06. The molecule has 1 aliphatic rings. The van der Waals surface area contributed by atoms with Gasteiger partial charge in [0, 0.05) is 19.6 Å². The maximum Gasteiger partial charge on any atom is 0.147 e. The molecule has 0 bridgehead atoms. The minimum Gasteiger partial charge on any atom is -0.372 e. The van der Waals surface area contributed by atoms with Crippen LogP contribution in [0.1, 0.15) is 19.5 Å². The van der Waals surface area contributed by atoms with E-state index in [-0.39, 0.29) is 12.2 Å². The SMILES string of the molecule is CNCc1cnc(N2C[C@@H](C)O[C@@H](C)C2)cn1. The van der Waals surface area contributed by atoms with Gasteiger partial charge < -0.3 is 15.0 Å². The van der Waals surface area contributed by atoms with Crippen LogP contribution in [0, 0.1) is 0 Å². The lowest BCUT2D eigenvalue weighted by Crippen LogP contribution is -2.45. The topological polar surface area (TPSA) is 50.3 Å². The smallest absolute Gasteiger partial charge is 0.147 e. The first-order valence-electron chi connectivity index (χ1n) is 6.05. The second-order valence-corrected chi connectivity index (χ2v) is 4.56. The molecule has 17 heavy (non-hydrogen) atoms. The Kier molecular flexibility index (Phi) is 3.91. The normalized spacial score (nSPS) is 25.0. The molecular weight excluding hydrogens is 216 g/mol. The van der Waals surface area contributed by atoms with Gasteiger partial charge in [-0.1, -0.05) is 0 Å². The van der Waals surface area contributed by atoms with Crippen LogP contribution in [0.4, 0.5) is 5.82 Å². The largest absolute Gasteiger partial charge is 0.372 e. The maximum absolute atomic E-state index is 5.70. The average Bonchev–Trinajstić information content (AvgIpc) is 2.29. The second-order valence-electron chi connectivity index (χ2n) is 4.56. The average molecular weight is 236 g/mol. The van der Waals surface area contributed by atoms with Crippen LogP contribution in [-0.4, -0.2) is 42.3 Å². The first-order valence-corrected chi connectivity index (χ1v) is 6.05. The highest BCUT2D eigenvalue weighted by molar-refractivity contribution is 5.36. The number of aromatic nitrogens is 2. The highest BCUT2D eigenvalue weighted by atomic mass is 16.5. The van der Waals surface area contributed by atoms with E-state index >= 15 is 0 Å². The van der Waals surface area contributed by atoms with E-state index < -0.39 is 0 Å². The van der Waals surface area contributed by atoms with E-state index in [1.807, 2.05) is 19.4 Å². The van der Waals surface area contributed by atoms with Gasteiger partial charge in [-0.2, -0.15) is 0 Å². The van der Waals surface area contributed by atoms with Crippen LogP contribution in [0.2, 0.25) is 0 Å². The van der Waals surface area contributed by atoms with Crippen molar-refractivity contribution in [2.45, 2.75) is 32.6 Å². The van der Waals surface area contributed by atoms with Gasteiger partial charge in [-0.05, 0) is 20.9 Å². The lowest BCUT2D eigenvalue weighted by Gasteiger charge is -2.35. The Labute approximate surface area is 102 Å². The molecule has 94 valence electrons. The molecule has 1 aromatic rings. The summed E-state index contributed by atoms with van der Waals surface area (Å²) in [6, 6.07) is 0. The molecule has 2 heterocycles. The fraction of sp³-hybridized carbons (Fsp3) is 0.667. The summed E-state index contributed by atoms with van der Waals surface area (Å²) in [6.07, 6.45) is 4.17. The van der Waals surface area contributed by atoms with Gasteiger partial charge in [0.05, 0.1) is 30.3 Å². The third-order valence-corrected chi connectivity index (χ3v) is 2.79. The van der Waals surface area contributed by atoms with Crippen molar-refractivity contribution >= 4 is 5.82 Å². The van der Waals surface area contributed by atoms with Crippen LogP contribution in [0.25, 0.3) is 0 Å². The van der Waals surface area contributed by atoms with Crippen LogP contribution in [-0.2, 0) is 11.3 Å². The summed E-state index contributed by atoms with van der Waals surface area (Å²) in [5.41, 5.74) is 0.964. The predicted octanol–water partition coefficient (Wildman–Crippen LogP) is 0.810. The lowest BCUT2D eigenvalue weighted by molar-refractivity contribution is -0.00547. The van der Waals surface area contributed by atoms with E-state index in [0.29, 0.717) is 0 Å². The summed E-state index contributed by atoms with van der Waals surface area (Å²) in [6.45, 7) is 6.69. The molecule has 1 aromatic heterocycles. The molecule has 0 aliphatic carbocycles. The Morgan fingerprint density at radius 2 is 2.00 bits per heavy atom. The summed E-state index contributed by atoms with van der Waals surface area (Å²) in [5, 5.41) is 3.06. The van der Waals surface area contributed by atoms with Gasteiger partial charge in [0.2, 0.25) is 0 Å². The highest BCUT2D eigenvalue weighted by Crippen LogP contribution is 2.17. The molecular formula is C12H20N4O. The Hall–Kier alpha value is -1.20. The monoisotopic (exact) mass is 236 g/mol. The van der Waals surface area contributed by atoms with Crippen molar-refractivity contribution in [3.63, 3.8) is 0 Å². The molecule has 5 heteroatoms. The number of ether oxygens (including phenoxy) is 1. The molecule has 1 fully saturated rings. The van der Waals surface area contributed by atoms with Gasteiger partial charge >= 0.3 is 0 Å². The molecule has 0 spiro atoms. The molecule has 0 radical (unpaired) electrons. The summed E-state index contributed by atoms with van der Waals surface area (Å²) in [5.74, 6) is 0.937. The number of anilines is 1. The van der Waals surface area contributed by atoms with Gasteiger partial charge in [0.15, 0.2) is 0 Å². The van der Waals surface area contributed by atoms with Gasteiger partial charge in [-0.25, -0.2) is 4.98 Å². The van der Waals surface area contributed by atoms with Crippen molar-refractivity contribution < 1.29 is 4.74 Å². The Morgan fingerprint density at radius 1 is 1.29 bits per heavy atom. The summed E-state index contributed by atoms with van der Waals surface area (Å²) < 4.78 is 5.70. The zero-order chi connectivity index (χ0) is 12.3. The van der Waals surface area contributed by atoms with Crippen molar-refractivity contribution in [3.8, 4) is 0 Å². The number of morpholine rings is 1. The lowest BCUT2D eigenvalue weighted by atomic mass is 10.2. The van der Waals surface area contributed by atoms with E-state index in [2.05, 4.69) is 34.0 Å². The number of hydrogen-bond acceptors (Lipinski definition) is 5. The van der Waals surface area contributed by atoms with Gasteiger partial charge in [0.25, 0.3) is 0 Å². The first-order chi connectivity index (χ1) is 8.19. The van der Waals surface area contributed by atoms with Crippen molar-refractivity contribution in [1.29, 1.82) is 0 Å². The van der Waals surface area contributed by atoms with Crippen molar-refractivity contribution in [2.75, 3.05) is 25.0 Å². The van der Waals surface area contributed by atoms with E-state index in [1.165, 1.54) is 0 Å². The van der Waals surface area contributed by atoms with Crippen LogP contribution in [0.15, 0.2) is 12.4 Å². The van der Waals surface area contributed by atoms with E-state index in [9.17, 15) is 0 Å². The minimum atomic E-state index is 0.248. The van der Waals surface area contributed by atoms with E-state index in [4.69, 9.17) is 4.74 Å². The molecule has 0 saturated carbocycles. The second kappa shape index (κ2) is 5.42. The van der Waals surface area contributed by atoms with Crippen LogP contribution >= 0.6 is 0 Å². The standard InChI is InChI=1S/C12H20N4O/c1-9-7-16(8-10(2)17-9)12-6-14-11(4-13-3)5-15-12/h5-6,9-10,13H,4,7-8H2,1-3H3/t9-,10+. The Bertz CT molecular complexity index is 344. The van der Waals surface area contributed by atoms with Crippen LogP contribution in [0.5, 0.6) is 0 Å². The van der Waals surface area contributed by atoms with Crippen LogP contribution in [0.3, 0.4) is 0 Å². The zero-order valence-electron chi connectivity index (χ0n) is 10.7. The van der Waals surface area contributed by atoms with Crippen LogP contribution < -0.4 is 10.2 Å². The number of hydrogen-bond donors (Lipinski definition) is 1. The fourth-order valence-corrected chi connectivity index (χ4v) is 2.15. The molecule has 1 saturated heterocycles. The number of rotatable bonds is 3. The van der Waals surface area contributed by atoms with E-state index in [0.717, 1.165) is 31.1 Å². The van der Waals surface area contributed by atoms with Crippen molar-refractivity contribution in [3.05, 3.63) is 18.1 Å². The van der Waals surface area contributed by atoms with Gasteiger partial charge in [0.1, 0.15) is 5.82 Å². The van der Waals surface area contributed by atoms with Crippen molar-refractivity contribution in [2.24, 2.45) is 0 Å². The third-order valence-electron chi connectivity index (χ3n) is 2.79. The minimum absolute atomic E-state index is 0.248. The quantitative estimate of drug-likeness (QED) is 0.841. The molecule has 1 N–H and O–H groups in total. The molecule has 2 rings (SSSR count). The molecule has 5 nitrogen and oxygen atoms in total. The summed E-state index contributed by atoms with van der Waals surface area (Å²) in [4.78, 5) is 11.1. The van der Waals surface area contributed by atoms with Gasteiger partial charge in [-0.3, -0.25) is 4.98 Å². The van der Waals surface area contributed by atoms with Crippen molar-refractivity contribution in [1.82, 2.24) is 15.3 Å². The summed E-state index contributed by atoms with van der Waals surface area (Å²) in [7, 11) is 1.90. The third kappa shape index (κ3) is 3.14. The number of nitrogens with one attached hydrogen (secondary N) is 1. The van der Waals surface area contributed by atoms with E-state index in [1.54, 1.807) is 0 Å². The first kappa shape index (κ1) is 12.3. The Morgan fingerprint density at radius 3 is 2.53 bits per heavy atom. The number of nitrogens with zero attached hydrogens (tertiary/aromatic N) is 3. The predicted molar refractivity (Wildman–Crippen MR) is 67.0 cm³/mol. The highest BCUT2D eigenvalue weighted by Gasteiger charge is 2.23. The van der Waals surface area contributed by atoms with Gasteiger partial charge in [-0.15, -0.1) is 0 Å². The zero-order valence-corrected chi connectivity index (χ0v) is 10.7. The fourth-order valence-electron chi connectivity index (χ4n) is 2.15. The molecule has 0 unspecified atom stereocenters. The molecule has 2 atom stereocenters. The molecule has 0 aromatic carbocycles. The maximum atomic E-state index is 5.70. The molecule has 1 aliphatic heterocycles. The summed E-state index contributed by atoms with van der Waals surface area (Å²) >= 11 is 0. The molecule has 0 amide bonds.